The van der Waals surface area contributed by atoms with Crippen molar-refractivity contribution in [2.24, 2.45) is 5.92 Å². The summed E-state index contributed by atoms with van der Waals surface area (Å²) in [5.74, 6) is -0.218. The monoisotopic (exact) mass is 303 g/mol. The lowest BCUT2D eigenvalue weighted by atomic mass is 10.1. The number of aryl methyl sites for hydroxylation is 1. The summed E-state index contributed by atoms with van der Waals surface area (Å²) in [5, 5.41) is 2.91. The Morgan fingerprint density at radius 2 is 2.18 bits per heavy atom. The van der Waals surface area contributed by atoms with Crippen molar-refractivity contribution >= 4 is 17.5 Å². The highest BCUT2D eigenvalue weighted by Gasteiger charge is 2.33. The number of likely N-dealkylation sites (tertiary alicyclic amines) is 1. The molecule has 1 unspecified atom stereocenters. The Kier molecular flexibility index (Phi) is 5.55. The normalized spacial score (nSPS) is 18.1. The number of amides is 2. The molecule has 0 radical (unpaired) electrons. The zero-order chi connectivity index (χ0) is 16.1. The first kappa shape index (κ1) is 16.5. The van der Waals surface area contributed by atoms with E-state index in [1.807, 2.05) is 50.2 Å². The van der Waals surface area contributed by atoms with Crippen LogP contribution in [0.25, 0.3) is 0 Å². The minimum absolute atomic E-state index is 0.0611. The van der Waals surface area contributed by atoms with Crippen LogP contribution in [0.3, 0.4) is 0 Å². The lowest BCUT2D eigenvalue weighted by Crippen LogP contribution is -2.30. The maximum absolute atomic E-state index is 12.3. The molecule has 2 rings (SSSR count). The van der Waals surface area contributed by atoms with Crippen molar-refractivity contribution in [1.82, 2.24) is 9.80 Å². The van der Waals surface area contributed by atoms with Crippen LogP contribution in [-0.2, 0) is 9.59 Å². The first-order valence-corrected chi connectivity index (χ1v) is 7.76. The second-order valence-corrected chi connectivity index (χ2v) is 6.26. The number of benzene rings is 1. The number of carbonyl (C=O) groups is 2. The van der Waals surface area contributed by atoms with Gasteiger partial charge in [-0.3, -0.25) is 9.59 Å². The lowest BCUT2D eigenvalue weighted by Gasteiger charge is -2.18. The van der Waals surface area contributed by atoms with Crippen molar-refractivity contribution in [3.05, 3.63) is 29.8 Å². The maximum atomic E-state index is 12.3. The van der Waals surface area contributed by atoms with Crippen LogP contribution in [0.15, 0.2) is 24.3 Å². The molecule has 5 heteroatoms. The van der Waals surface area contributed by atoms with E-state index in [2.05, 4.69) is 10.2 Å². The van der Waals surface area contributed by atoms with Crippen molar-refractivity contribution in [1.29, 1.82) is 0 Å². The molecule has 1 aliphatic heterocycles. The molecule has 0 bridgehead atoms. The molecule has 5 nitrogen and oxygen atoms in total. The van der Waals surface area contributed by atoms with E-state index in [0.717, 1.165) is 30.8 Å². The third-order valence-electron chi connectivity index (χ3n) is 3.90. The van der Waals surface area contributed by atoms with E-state index >= 15 is 0 Å². The summed E-state index contributed by atoms with van der Waals surface area (Å²) in [7, 11) is 4.04. The van der Waals surface area contributed by atoms with Gasteiger partial charge in [-0.1, -0.05) is 12.1 Å². The van der Waals surface area contributed by atoms with Crippen molar-refractivity contribution in [2.45, 2.75) is 19.8 Å². The standard InChI is InChI=1S/C17H25N3O2/c1-13-6-4-7-15(10-13)18-17(22)14-11-16(21)20(12-14)9-5-8-19(2)3/h4,6-7,10,14H,5,8-9,11-12H2,1-3H3,(H,18,22). The molecular weight excluding hydrogens is 278 g/mol. The van der Waals surface area contributed by atoms with Crippen molar-refractivity contribution in [3.8, 4) is 0 Å². The molecule has 0 spiro atoms. The van der Waals surface area contributed by atoms with Gasteiger partial charge in [-0.25, -0.2) is 0 Å². The van der Waals surface area contributed by atoms with Crippen molar-refractivity contribution in [3.63, 3.8) is 0 Å². The van der Waals surface area contributed by atoms with Gasteiger partial charge in [-0.05, 0) is 51.7 Å². The average molecular weight is 303 g/mol. The van der Waals surface area contributed by atoms with Crippen LogP contribution in [0.1, 0.15) is 18.4 Å². The number of anilines is 1. The molecule has 1 aromatic carbocycles. The zero-order valence-corrected chi connectivity index (χ0v) is 13.6. The SMILES string of the molecule is Cc1cccc(NC(=O)C2CC(=O)N(CCCN(C)C)C2)c1. The molecule has 120 valence electrons. The van der Waals surface area contributed by atoms with Gasteiger partial charge in [0.1, 0.15) is 0 Å². The van der Waals surface area contributed by atoms with E-state index in [0.29, 0.717) is 13.0 Å². The van der Waals surface area contributed by atoms with Crippen LogP contribution in [0.5, 0.6) is 0 Å². The Bertz CT molecular complexity index is 542. The second-order valence-electron chi connectivity index (χ2n) is 6.26. The van der Waals surface area contributed by atoms with Crippen LogP contribution in [0.4, 0.5) is 5.69 Å². The minimum Gasteiger partial charge on any atom is -0.342 e. The summed E-state index contributed by atoms with van der Waals surface area (Å²) >= 11 is 0. The van der Waals surface area contributed by atoms with E-state index in [1.165, 1.54) is 0 Å². The molecule has 0 saturated carbocycles. The fourth-order valence-corrected chi connectivity index (χ4v) is 2.71. The first-order chi connectivity index (χ1) is 10.5. The summed E-state index contributed by atoms with van der Waals surface area (Å²) in [6, 6.07) is 7.71. The first-order valence-electron chi connectivity index (χ1n) is 7.76. The largest absolute Gasteiger partial charge is 0.342 e. The number of hydrogen-bond acceptors (Lipinski definition) is 3. The molecule has 1 fully saturated rings. The van der Waals surface area contributed by atoms with Gasteiger partial charge in [0, 0.05) is 25.2 Å². The Morgan fingerprint density at radius 3 is 2.86 bits per heavy atom. The highest BCUT2D eigenvalue weighted by atomic mass is 16.2. The van der Waals surface area contributed by atoms with Gasteiger partial charge < -0.3 is 15.1 Å². The van der Waals surface area contributed by atoms with Gasteiger partial charge in [0.05, 0.1) is 5.92 Å². The molecule has 1 N–H and O–H groups in total. The van der Waals surface area contributed by atoms with Gasteiger partial charge in [0.2, 0.25) is 11.8 Å². The zero-order valence-electron chi connectivity index (χ0n) is 13.6. The Labute approximate surface area is 132 Å². The smallest absolute Gasteiger partial charge is 0.229 e. The topological polar surface area (TPSA) is 52.7 Å². The Balaban J connectivity index is 1.85. The Hall–Kier alpha value is -1.88. The van der Waals surface area contributed by atoms with Gasteiger partial charge in [0.15, 0.2) is 0 Å². The predicted molar refractivity (Wildman–Crippen MR) is 87.7 cm³/mol. The maximum Gasteiger partial charge on any atom is 0.229 e. The predicted octanol–water partition coefficient (Wildman–Crippen LogP) is 1.73. The summed E-state index contributed by atoms with van der Waals surface area (Å²) in [6.07, 6.45) is 1.25. The summed E-state index contributed by atoms with van der Waals surface area (Å²) in [6.45, 7) is 4.19. The summed E-state index contributed by atoms with van der Waals surface area (Å²) in [4.78, 5) is 28.2. The minimum atomic E-state index is -0.243. The average Bonchev–Trinajstić information content (AvgIpc) is 2.80. The summed E-state index contributed by atoms with van der Waals surface area (Å²) < 4.78 is 0. The number of nitrogens with one attached hydrogen (secondary N) is 1. The molecule has 1 saturated heterocycles. The third-order valence-corrected chi connectivity index (χ3v) is 3.90. The molecule has 1 atom stereocenters. The second kappa shape index (κ2) is 7.40. The number of carbonyl (C=O) groups excluding carboxylic acids is 2. The van der Waals surface area contributed by atoms with Gasteiger partial charge in [0.25, 0.3) is 0 Å². The van der Waals surface area contributed by atoms with E-state index in [9.17, 15) is 9.59 Å². The number of hydrogen-bond donors (Lipinski definition) is 1. The van der Waals surface area contributed by atoms with E-state index in [4.69, 9.17) is 0 Å². The lowest BCUT2D eigenvalue weighted by molar-refractivity contribution is -0.128. The number of nitrogens with zero attached hydrogens (tertiary/aromatic N) is 2. The highest BCUT2D eigenvalue weighted by molar-refractivity contribution is 5.97. The molecule has 1 aliphatic rings. The quantitative estimate of drug-likeness (QED) is 0.871. The molecule has 1 heterocycles. The Morgan fingerprint density at radius 1 is 1.41 bits per heavy atom. The van der Waals surface area contributed by atoms with Gasteiger partial charge in [-0.2, -0.15) is 0 Å². The summed E-state index contributed by atoms with van der Waals surface area (Å²) in [5.41, 5.74) is 1.90. The fourth-order valence-electron chi connectivity index (χ4n) is 2.71. The fraction of sp³-hybridized carbons (Fsp3) is 0.529. The van der Waals surface area contributed by atoms with E-state index in [1.54, 1.807) is 0 Å². The van der Waals surface area contributed by atoms with Crippen LogP contribution in [0.2, 0.25) is 0 Å². The van der Waals surface area contributed by atoms with Gasteiger partial charge >= 0.3 is 0 Å². The van der Waals surface area contributed by atoms with Crippen LogP contribution >= 0.6 is 0 Å². The molecule has 0 aliphatic carbocycles. The van der Waals surface area contributed by atoms with Crippen LogP contribution < -0.4 is 5.32 Å². The molecule has 1 aromatic rings. The molecular formula is C17H25N3O2. The van der Waals surface area contributed by atoms with Crippen LogP contribution in [-0.4, -0.2) is 55.3 Å². The molecule has 22 heavy (non-hydrogen) atoms. The third kappa shape index (κ3) is 4.56. The molecule has 0 aromatic heterocycles. The van der Waals surface area contributed by atoms with Crippen molar-refractivity contribution < 1.29 is 9.59 Å². The number of rotatable bonds is 6. The van der Waals surface area contributed by atoms with Crippen LogP contribution in [0, 0.1) is 12.8 Å². The van der Waals surface area contributed by atoms with Gasteiger partial charge in [-0.15, -0.1) is 0 Å². The van der Waals surface area contributed by atoms with Crippen molar-refractivity contribution in [2.75, 3.05) is 39.0 Å². The van der Waals surface area contributed by atoms with E-state index in [-0.39, 0.29) is 17.7 Å². The van der Waals surface area contributed by atoms with E-state index < -0.39 is 0 Å². The molecule has 2 amide bonds. The highest BCUT2D eigenvalue weighted by Crippen LogP contribution is 2.20.